The van der Waals surface area contributed by atoms with Crippen LogP contribution >= 0.6 is 0 Å². The van der Waals surface area contributed by atoms with E-state index in [1.54, 1.807) is 18.2 Å². The van der Waals surface area contributed by atoms with Crippen molar-refractivity contribution < 1.29 is 37.4 Å². The molecule has 0 aliphatic carbocycles. The fraction of sp³-hybridized carbons (Fsp3) is 0.167. The molecule has 0 saturated heterocycles. The van der Waals surface area contributed by atoms with Crippen LogP contribution in [0.15, 0.2) is 42.5 Å². The molecule has 2 rings (SSSR count). The zero-order chi connectivity index (χ0) is 20.7. The van der Waals surface area contributed by atoms with Crippen molar-refractivity contribution in [3.8, 4) is 0 Å². The van der Waals surface area contributed by atoms with Gasteiger partial charge in [-0.15, -0.1) is 0 Å². The van der Waals surface area contributed by atoms with E-state index in [9.17, 15) is 32.7 Å². The van der Waals surface area contributed by atoms with Crippen LogP contribution in [0.25, 0.3) is 0 Å². The first-order chi connectivity index (χ1) is 13.3. The number of carbonyl (C=O) groups is 3. The van der Waals surface area contributed by atoms with Crippen molar-refractivity contribution in [3.05, 3.63) is 65.5 Å². The molecule has 0 aliphatic rings. The van der Waals surface area contributed by atoms with Gasteiger partial charge < -0.3 is 20.5 Å². The van der Waals surface area contributed by atoms with Gasteiger partial charge in [0.1, 0.15) is 0 Å². The van der Waals surface area contributed by atoms with E-state index in [2.05, 4.69) is 10.1 Å². The first-order valence-electron chi connectivity index (χ1n) is 7.89. The number of aliphatic hydroxyl groups is 1. The highest BCUT2D eigenvalue weighted by Crippen LogP contribution is 2.19. The summed E-state index contributed by atoms with van der Waals surface area (Å²) in [6.45, 7) is -1.41. The highest BCUT2D eigenvalue weighted by atomic mass is 19.2. The van der Waals surface area contributed by atoms with Crippen LogP contribution in [0.5, 0.6) is 0 Å². The summed E-state index contributed by atoms with van der Waals surface area (Å²) in [5.74, 6) is -7.59. The number of aliphatic hydroxyl groups excluding tert-OH is 1. The second kappa shape index (κ2) is 9.51. The molecule has 2 amide bonds. The summed E-state index contributed by atoms with van der Waals surface area (Å²) in [6, 6.07) is 9.33. The Morgan fingerprint density at radius 2 is 1.64 bits per heavy atom. The Kier molecular flexibility index (Phi) is 7.10. The normalized spacial score (nSPS) is 11.4. The molecule has 0 spiro atoms. The number of rotatable bonds is 7. The van der Waals surface area contributed by atoms with Crippen molar-refractivity contribution in [1.82, 2.24) is 5.32 Å². The molecule has 0 saturated carbocycles. The molecule has 148 valence electrons. The highest BCUT2D eigenvalue weighted by Gasteiger charge is 2.20. The van der Waals surface area contributed by atoms with Crippen LogP contribution < -0.4 is 10.6 Å². The average molecular weight is 396 g/mol. The topological polar surface area (TPSA) is 105 Å². The fourth-order valence-electron chi connectivity index (χ4n) is 2.03. The molecule has 1 atom stereocenters. The third kappa shape index (κ3) is 5.55. The molecular weight excluding hydrogens is 381 g/mol. The quantitative estimate of drug-likeness (QED) is 0.485. The largest absolute Gasteiger partial charge is 0.453 e. The molecule has 7 nitrogen and oxygen atoms in total. The summed E-state index contributed by atoms with van der Waals surface area (Å²) in [5.41, 5.74) is -0.323. The van der Waals surface area contributed by atoms with Gasteiger partial charge in [-0.3, -0.25) is 9.59 Å². The van der Waals surface area contributed by atoms with E-state index in [0.29, 0.717) is 6.07 Å². The molecule has 10 heteroatoms. The Bertz CT molecular complexity index is 877. The van der Waals surface area contributed by atoms with Gasteiger partial charge in [-0.25, -0.2) is 18.0 Å². The van der Waals surface area contributed by atoms with E-state index in [0.717, 1.165) is 6.07 Å². The molecule has 0 unspecified atom stereocenters. The van der Waals surface area contributed by atoms with Crippen LogP contribution in [0, 0.1) is 17.5 Å². The molecule has 0 radical (unpaired) electrons. The molecule has 2 aromatic carbocycles. The standard InChI is InChI=1S/C18H15F3N2O5/c19-11-6-7-12(16(21)15(11)20)23-13(24)8-22-14(25)9-28-18(27)17(26)10-4-2-1-3-5-10/h1-7,17,26H,8-9H2,(H,22,25)(H,23,24)/t17-/m0/s1. The zero-order valence-electron chi connectivity index (χ0n) is 14.2. The van der Waals surface area contributed by atoms with Crippen molar-refractivity contribution in [2.75, 3.05) is 18.5 Å². The van der Waals surface area contributed by atoms with Crippen LogP contribution in [0.2, 0.25) is 0 Å². The minimum absolute atomic E-state index is 0.279. The van der Waals surface area contributed by atoms with Gasteiger partial charge in [0.2, 0.25) is 5.91 Å². The van der Waals surface area contributed by atoms with Gasteiger partial charge in [-0.05, 0) is 17.7 Å². The average Bonchev–Trinajstić information content (AvgIpc) is 2.71. The maximum Gasteiger partial charge on any atom is 0.340 e. The maximum absolute atomic E-state index is 13.4. The van der Waals surface area contributed by atoms with Crippen LogP contribution in [0.1, 0.15) is 11.7 Å². The molecule has 28 heavy (non-hydrogen) atoms. The number of ether oxygens (including phenoxy) is 1. The van der Waals surface area contributed by atoms with Gasteiger partial charge in [-0.2, -0.15) is 0 Å². The minimum atomic E-state index is -1.74. The van der Waals surface area contributed by atoms with E-state index in [1.807, 2.05) is 5.32 Å². The van der Waals surface area contributed by atoms with E-state index < -0.39 is 60.2 Å². The third-order valence-electron chi connectivity index (χ3n) is 3.44. The number of amides is 2. The number of hydrogen-bond acceptors (Lipinski definition) is 5. The Morgan fingerprint density at radius 1 is 0.964 bits per heavy atom. The molecule has 2 aromatic rings. The van der Waals surface area contributed by atoms with E-state index >= 15 is 0 Å². The molecule has 0 aliphatic heterocycles. The van der Waals surface area contributed by atoms with E-state index in [-0.39, 0.29) is 5.56 Å². The van der Waals surface area contributed by atoms with Crippen molar-refractivity contribution in [3.63, 3.8) is 0 Å². The lowest BCUT2D eigenvalue weighted by Crippen LogP contribution is -2.36. The molecule has 0 aromatic heterocycles. The van der Waals surface area contributed by atoms with Crippen LogP contribution in [-0.2, 0) is 19.1 Å². The van der Waals surface area contributed by atoms with Crippen molar-refractivity contribution >= 4 is 23.5 Å². The predicted octanol–water partition coefficient (Wildman–Crippen LogP) is 1.44. The minimum Gasteiger partial charge on any atom is -0.453 e. The zero-order valence-corrected chi connectivity index (χ0v) is 14.2. The molecule has 0 fully saturated rings. The number of nitrogens with one attached hydrogen (secondary N) is 2. The Morgan fingerprint density at radius 3 is 2.32 bits per heavy atom. The Balaban J connectivity index is 1.77. The van der Waals surface area contributed by atoms with Gasteiger partial charge >= 0.3 is 5.97 Å². The van der Waals surface area contributed by atoms with Gasteiger partial charge in [-0.1, -0.05) is 30.3 Å². The van der Waals surface area contributed by atoms with Gasteiger partial charge in [0, 0.05) is 0 Å². The number of benzene rings is 2. The van der Waals surface area contributed by atoms with Gasteiger partial charge in [0.25, 0.3) is 5.91 Å². The Labute approximate surface area is 157 Å². The number of hydrogen-bond donors (Lipinski definition) is 3. The summed E-state index contributed by atoms with van der Waals surface area (Å²) in [4.78, 5) is 34.9. The van der Waals surface area contributed by atoms with E-state index in [4.69, 9.17) is 0 Å². The lowest BCUT2D eigenvalue weighted by Gasteiger charge is -2.11. The van der Waals surface area contributed by atoms with Crippen molar-refractivity contribution in [2.24, 2.45) is 0 Å². The SMILES string of the molecule is O=C(COC(=O)[C@@H](O)c1ccccc1)NCC(=O)Nc1ccc(F)c(F)c1F. The van der Waals surface area contributed by atoms with Gasteiger partial charge in [0.05, 0.1) is 12.2 Å². The number of anilines is 1. The van der Waals surface area contributed by atoms with E-state index in [1.165, 1.54) is 12.1 Å². The summed E-state index contributed by atoms with van der Waals surface area (Å²) in [5, 5.41) is 13.8. The number of esters is 1. The molecule has 0 heterocycles. The molecular formula is C18H15F3N2O5. The third-order valence-corrected chi connectivity index (χ3v) is 3.44. The smallest absolute Gasteiger partial charge is 0.340 e. The lowest BCUT2D eigenvalue weighted by atomic mass is 10.1. The van der Waals surface area contributed by atoms with Crippen LogP contribution in [0.3, 0.4) is 0 Å². The fourth-order valence-corrected chi connectivity index (χ4v) is 2.03. The number of carbonyl (C=O) groups excluding carboxylic acids is 3. The molecule has 3 N–H and O–H groups in total. The summed E-state index contributed by atoms with van der Waals surface area (Å²) >= 11 is 0. The first kappa shape index (κ1) is 20.9. The monoisotopic (exact) mass is 396 g/mol. The summed E-state index contributed by atoms with van der Waals surface area (Å²) < 4.78 is 44.0. The second-order valence-corrected chi connectivity index (χ2v) is 5.47. The predicted molar refractivity (Wildman–Crippen MR) is 90.3 cm³/mol. The first-order valence-corrected chi connectivity index (χ1v) is 7.89. The van der Waals surface area contributed by atoms with Crippen molar-refractivity contribution in [1.29, 1.82) is 0 Å². The van der Waals surface area contributed by atoms with Crippen molar-refractivity contribution in [2.45, 2.75) is 6.10 Å². The maximum atomic E-state index is 13.4. The highest BCUT2D eigenvalue weighted by molar-refractivity contribution is 5.95. The summed E-state index contributed by atoms with van der Waals surface area (Å²) in [7, 11) is 0. The molecule has 0 bridgehead atoms. The Hall–Kier alpha value is -3.40. The lowest BCUT2D eigenvalue weighted by molar-refractivity contribution is -0.157. The van der Waals surface area contributed by atoms with Gasteiger partial charge in [0.15, 0.2) is 30.2 Å². The number of halogens is 3. The van der Waals surface area contributed by atoms with Crippen LogP contribution in [0.4, 0.5) is 18.9 Å². The van der Waals surface area contributed by atoms with Crippen LogP contribution in [-0.4, -0.2) is 36.0 Å². The second-order valence-electron chi connectivity index (χ2n) is 5.47. The summed E-state index contributed by atoms with van der Waals surface area (Å²) in [6.07, 6.45) is -1.58.